The maximum absolute atomic E-state index is 14.0. The molecule has 1 aliphatic rings. The molecule has 6 nitrogen and oxygen atoms in total. The van der Waals surface area contributed by atoms with Crippen LogP contribution in [0.4, 0.5) is 10.1 Å². The first-order valence-corrected chi connectivity index (χ1v) is 7.04. The van der Waals surface area contributed by atoms with Crippen LogP contribution in [-0.2, 0) is 4.74 Å². The van der Waals surface area contributed by atoms with Crippen LogP contribution in [0.1, 0.15) is 28.9 Å². The predicted octanol–water partition coefficient (Wildman–Crippen LogP) is 1.77. The molecule has 0 amide bonds. The van der Waals surface area contributed by atoms with Gasteiger partial charge in [0.15, 0.2) is 5.78 Å². The second kappa shape index (κ2) is 5.84. The molecule has 1 aromatic carbocycles. The first-order valence-electron chi connectivity index (χ1n) is 7.04. The average Bonchev–Trinajstić information content (AvgIpc) is 3.15. The maximum Gasteiger partial charge on any atom is 0.164 e. The van der Waals surface area contributed by atoms with E-state index in [4.69, 9.17) is 4.74 Å². The third kappa shape index (κ3) is 2.48. The van der Waals surface area contributed by atoms with Crippen molar-refractivity contribution in [1.82, 2.24) is 15.4 Å². The molecule has 1 saturated heterocycles. The number of ketones is 1. The van der Waals surface area contributed by atoms with Crippen LogP contribution < -0.4 is 4.90 Å². The number of carbonyl (C=O) groups is 1. The average molecular weight is 304 g/mol. The fourth-order valence-corrected chi connectivity index (χ4v) is 3.01. The van der Waals surface area contributed by atoms with Gasteiger partial charge < -0.3 is 9.64 Å². The Morgan fingerprint density at radius 2 is 2.27 bits per heavy atom. The molecule has 0 spiro atoms. The number of methoxy groups -OCH3 is 1. The molecule has 3 rings (SSSR count). The monoisotopic (exact) mass is 304 g/mol. The van der Waals surface area contributed by atoms with E-state index in [9.17, 15) is 9.18 Å². The molecule has 22 heavy (non-hydrogen) atoms. The quantitative estimate of drug-likeness (QED) is 0.872. The fraction of sp³-hybridized carbons (Fsp3) is 0.400. The number of aromatic nitrogens is 3. The summed E-state index contributed by atoms with van der Waals surface area (Å²) < 4.78 is 19.5. The van der Waals surface area contributed by atoms with Crippen molar-refractivity contribution in [3.63, 3.8) is 0 Å². The molecule has 2 aromatic rings. The molecule has 1 aromatic heterocycles. The molecule has 0 saturated carbocycles. The highest BCUT2D eigenvalue weighted by molar-refractivity contribution is 6.00. The molecular weight excluding hydrogens is 287 g/mol. The number of H-pyrrole nitrogens is 1. The predicted molar refractivity (Wildman–Crippen MR) is 78.5 cm³/mol. The highest BCUT2D eigenvalue weighted by Gasteiger charge is 2.37. The van der Waals surface area contributed by atoms with Crippen LogP contribution in [0.15, 0.2) is 24.4 Å². The summed E-state index contributed by atoms with van der Waals surface area (Å²) in [6.07, 6.45) is 1.57. The molecule has 2 atom stereocenters. The van der Waals surface area contributed by atoms with Crippen molar-refractivity contribution in [3.05, 3.63) is 41.5 Å². The van der Waals surface area contributed by atoms with E-state index in [1.165, 1.54) is 13.0 Å². The summed E-state index contributed by atoms with van der Waals surface area (Å²) in [5.74, 6) is -0.761. The number of nitrogens with zero attached hydrogens (tertiary/aromatic N) is 3. The number of ether oxygens (including phenoxy) is 1. The lowest BCUT2D eigenvalue weighted by molar-refractivity contribution is 0.101. The van der Waals surface area contributed by atoms with E-state index in [-0.39, 0.29) is 23.4 Å². The zero-order valence-corrected chi connectivity index (χ0v) is 12.4. The molecular formula is C15H17FN4O2. The molecule has 2 heterocycles. The zero-order chi connectivity index (χ0) is 15.7. The van der Waals surface area contributed by atoms with Gasteiger partial charge in [-0.2, -0.15) is 15.4 Å². The molecule has 116 valence electrons. The summed E-state index contributed by atoms with van der Waals surface area (Å²) in [7, 11) is 1.64. The summed E-state index contributed by atoms with van der Waals surface area (Å²) in [4.78, 5) is 13.7. The van der Waals surface area contributed by atoms with E-state index in [0.29, 0.717) is 18.8 Å². The number of aromatic amines is 1. The van der Waals surface area contributed by atoms with Gasteiger partial charge in [0.1, 0.15) is 5.82 Å². The van der Waals surface area contributed by atoms with Crippen molar-refractivity contribution in [1.29, 1.82) is 0 Å². The van der Waals surface area contributed by atoms with Crippen LogP contribution in [0.5, 0.6) is 0 Å². The van der Waals surface area contributed by atoms with Gasteiger partial charge in [-0.05, 0) is 19.1 Å². The largest absolute Gasteiger partial charge is 0.379 e. The Balaban J connectivity index is 1.94. The first-order chi connectivity index (χ1) is 10.6. The van der Waals surface area contributed by atoms with Gasteiger partial charge in [-0.1, -0.05) is 6.07 Å². The van der Waals surface area contributed by atoms with E-state index in [1.807, 2.05) is 4.90 Å². The highest BCUT2D eigenvalue weighted by atomic mass is 19.1. The second-order valence-corrected chi connectivity index (χ2v) is 5.37. The van der Waals surface area contributed by atoms with Crippen molar-refractivity contribution >= 4 is 11.5 Å². The van der Waals surface area contributed by atoms with Gasteiger partial charge in [0.05, 0.1) is 35.2 Å². The van der Waals surface area contributed by atoms with Crippen molar-refractivity contribution in [2.24, 2.45) is 0 Å². The normalized spacial score (nSPS) is 21.3. The lowest BCUT2D eigenvalue weighted by atomic mass is 10.0. The summed E-state index contributed by atoms with van der Waals surface area (Å²) >= 11 is 0. The Hall–Kier alpha value is -2.28. The first kappa shape index (κ1) is 14.6. The molecule has 0 bridgehead atoms. The Bertz CT molecular complexity index is 674. The Labute approximate surface area is 127 Å². The van der Waals surface area contributed by atoms with Crippen LogP contribution in [0, 0.1) is 5.82 Å². The van der Waals surface area contributed by atoms with Crippen molar-refractivity contribution in [2.75, 3.05) is 25.1 Å². The van der Waals surface area contributed by atoms with Crippen LogP contribution in [0.2, 0.25) is 0 Å². The van der Waals surface area contributed by atoms with E-state index in [0.717, 1.165) is 5.69 Å². The van der Waals surface area contributed by atoms with Crippen molar-refractivity contribution in [3.8, 4) is 0 Å². The van der Waals surface area contributed by atoms with Gasteiger partial charge >= 0.3 is 0 Å². The molecule has 1 N–H and O–H groups in total. The number of Topliss-reactive ketones (excluding diaryl/α,β-unsaturated/α-hetero) is 1. The number of carbonyl (C=O) groups excluding carboxylic acids is 1. The second-order valence-electron chi connectivity index (χ2n) is 5.37. The van der Waals surface area contributed by atoms with Gasteiger partial charge in [-0.15, -0.1) is 0 Å². The van der Waals surface area contributed by atoms with E-state index in [2.05, 4.69) is 15.4 Å². The van der Waals surface area contributed by atoms with E-state index in [1.54, 1.807) is 25.4 Å². The Morgan fingerprint density at radius 3 is 2.91 bits per heavy atom. The summed E-state index contributed by atoms with van der Waals surface area (Å²) in [5.41, 5.74) is 1.52. The molecule has 0 aliphatic carbocycles. The molecule has 7 heteroatoms. The van der Waals surface area contributed by atoms with E-state index >= 15 is 0 Å². The smallest absolute Gasteiger partial charge is 0.164 e. The third-order valence-corrected chi connectivity index (χ3v) is 4.07. The Kier molecular flexibility index (Phi) is 3.89. The third-order valence-electron chi connectivity index (χ3n) is 4.07. The minimum atomic E-state index is -0.496. The highest BCUT2D eigenvalue weighted by Crippen LogP contribution is 2.34. The summed E-state index contributed by atoms with van der Waals surface area (Å²) in [5, 5.41) is 10.5. The standard InChI is InChI=1S/C15H17FN4O2/c1-9(21)15-11(16)4-3-5-13(15)20-7-10(14(8-20)22-2)12-6-17-19-18-12/h3-6,10,14H,7-8H2,1-2H3,(H,17,18,19)/t10-,14+/m0/s1. The summed E-state index contributed by atoms with van der Waals surface area (Å²) in [6, 6.07) is 4.68. The minimum absolute atomic E-state index is 0.0202. The SMILES string of the molecule is CO[C@@H]1CN(c2cccc(F)c2C(C)=O)C[C@H]1c1cn[nH]n1. The molecule has 0 unspecified atom stereocenters. The van der Waals surface area contributed by atoms with Gasteiger partial charge in [0.25, 0.3) is 0 Å². The number of nitrogens with one attached hydrogen (secondary N) is 1. The Morgan fingerprint density at radius 1 is 1.45 bits per heavy atom. The van der Waals surface area contributed by atoms with Gasteiger partial charge in [-0.3, -0.25) is 4.79 Å². The topological polar surface area (TPSA) is 71.1 Å². The van der Waals surface area contributed by atoms with Gasteiger partial charge in [0, 0.05) is 20.2 Å². The van der Waals surface area contributed by atoms with Crippen molar-refractivity contribution in [2.45, 2.75) is 18.9 Å². The molecule has 1 aliphatic heterocycles. The number of anilines is 1. The summed E-state index contributed by atoms with van der Waals surface area (Å²) in [6.45, 7) is 2.54. The van der Waals surface area contributed by atoms with Crippen LogP contribution in [0.3, 0.4) is 0 Å². The van der Waals surface area contributed by atoms with E-state index < -0.39 is 5.82 Å². The lowest BCUT2D eigenvalue weighted by Crippen LogP contribution is -2.24. The van der Waals surface area contributed by atoms with Crippen molar-refractivity contribution < 1.29 is 13.9 Å². The number of benzene rings is 1. The lowest BCUT2D eigenvalue weighted by Gasteiger charge is -2.21. The van der Waals surface area contributed by atoms with Crippen LogP contribution >= 0.6 is 0 Å². The van der Waals surface area contributed by atoms with Gasteiger partial charge in [-0.25, -0.2) is 4.39 Å². The maximum atomic E-state index is 14.0. The number of hydrogen-bond acceptors (Lipinski definition) is 5. The fourth-order valence-electron chi connectivity index (χ4n) is 3.01. The number of rotatable bonds is 4. The van der Waals surface area contributed by atoms with Crippen LogP contribution in [-0.4, -0.2) is 47.5 Å². The number of halogens is 1. The minimum Gasteiger partial charge on any atom is -0.379 e. The number of hydrogen-bond donors (Lipinski definition) is 1. The van der Waals surface area contributed by atoms with Crippen LogP contribution in [0.25, 0.3) is 0 Å². The molecule has 0 radical (unpaired) electrons. The van der Waals surface area contributed by atoms with Gasteiger partial charge in [0.2, 0.25) is 0 Å². The molecule has 1 fully saturated rings. The zero-order valence-electron chi connectivity index (χ0n) is 12.4.